The number of methoxy groups -OCH3 is 1. The lowest BCUT2D eigenvalue weighted by atomic mass is 9.85. The van der Waals surface area contributed by atoms with Gasteiger partial charge in [0, 0.05) is 21.8 Å². The molecule has 0 N–H and O–H groups in total. The molecule has 3 rings (SSSR count). The molecule has 4 nitrogen and oxygen atoms in total. The molecule has 1 heterocycles. The molecular weight excluding hydrogens is 445 g/mol. The lowest BCUT2D eigenvalue weighted by molar-refractivity contribution is -0.164. The van der Waals surface area contributed by atoms with Crippen molar-refractivity contribution in [2.75, 3.05) is 7.11 Å². The number of aromatic nitrogens is 1. The lowest BCUT2D eigenvalue weighted by Gasteiger charge is -2.30. The number of aryl methyl sites for hydroxylation is 2. The van der Waals surface area contributed by atoms with Crippen LogP contribution < -0.4 is 0 Å². The average Bonchev–Trinajstić information content (AvgIpc) is 2.78. The van der Waals surface area contributed by atoms with Crippen LogP contribution in [0.25, 0.3) is 22.4 Å². The number of pyridine rings is 1. The summed E-state index contributed by atoms with van der Waals surface area (Å²) in [6.45, 7) is 11.9. The summed E-state index contributed by atoms with van der Waals surface area (Å²) >= 11 is 6.19. The molecule has 6 heteroatoms. The summed E-state index contributed by atoms with van der Waals surface area (Å²) in [5.41, 5.74) is 7.45. The molecule has 0 aliphatic heterocycles. The second-order valence-corrected chi connectivity index (χ2v) is 9.90. The van der Waals surface area contributed by atoms with Crippen molar-refractivity contribution in [1.29, 1.82) is 0 Å². The molecule has 0 unspecified atom stereocenters. The van der Waals surface area contributed by atoms with E-state index in [-0.39, 0.29) is 6.32 Å². The zero-order chi connectivity index (χ0) is 25.2. The molecule has 2 radical (unpaired) electrons. The second kappa shape index (κ2) is 10.3. The van der Waals surface area contributed by atoms with Crippen molar-refractivity contribution >= 4 is 25.4 Å². The summed E-state index contributed by atoms with van der Waals surface area (Å²) < 4.78 is 11.4. The van der Waals surface area contributed by atoms with Crippen LogP contribution in [0.1, 0.15) is 54.8 Å². The second-order valence-electron chi connectivity index (χ2n) is 9.46. The first kappa shape index (κ1) is 26.0. The van der Waals surface area contributed by atoms with Gasteiger partial charge in [-0.05, 0) is 93.9 Å². The van der Waals surface area contributed by atoms with Gasteiger partial charge in [-0.3, -0.25) is 4.98 Å². The van der Waals surface area contributed by atoms with Crippen LogP contribution in [-0.2, 0) is 20.6 Å². The Morgan fingerprint density at radius 3 is 2.18 bits per heavy atom. The number of hydrogen-bond donors (Lipinski definition) is 0. The predicted octanol–water partition coefficient (Wildman–Crippen LogP) is 6.69. The monoisotopic (exact) mass is 475 g/mol. The van der Waals surface area contributed by atoms with Gasteiger partial charge in [-0.1, -0.05) is 35.9 Å². The van der Waals surface area contributed by atoms with Gasteiger partial charge >= 0.3 is 5.97 Å². The summed E-state index contributed by atoms with van der Waals surface area (Å²) in [7, 11) is 7.58. The number of hydrogen-bond acceptors (Lipinski definition) is 4. The van der Waals surface area contributed by atoms with Gasteiger partial charge in [-0.15, -0.1) is 0 Å². The molecular formula is C28H31BClNO3. The molecule has 0 saturated heterocycles. The molecule has 0 bridgehead atoms. The van der Waals surface area contributed by atoms with E-state index in [1.807, 2.05) is 52.0 Å². The summed E-state index contributed by atoms with van der Waals surface area (Å²) in [5, 5.41) is 0.626. The lowest BCUT2D eigenvalue weighted by Crippen LogP contribution is -2.30. The van der Waals surface area contributed by atoms with Crippen molar-refractivity contribution in [2.45, 2.75) is 59.6 Å². The van der Waals surface area contributed by atoms with Gasteiger partial charge < -0.3 is 9.47 Å². The van der Waals surface area contributed by atoms with Crippen molar-refractivity contribution in [1.82, 2.24) is 4.98 Å². The number of esters is 1. The first-order valence-corrected chi connectivity index (χ1v) is 11.7. The smallest absolute Gasteiger partial charge is 0.339 e. The van der Waals surface area contributed by atoms with Crippen molar-refractivity contribution in [3.63, 3.8) is 0 Å². The zero-order valence-electron chi connectivity index (χ0n) is 21.0. The van der Waals surface area contributed by atoms with Crippen LogP contribution in [0.3, 0.4) is 0 Å². The van der Waals surface area contributed by atoms with Gasteiger partial charge in [0.15, 0.2) is 6.10 Å². The van der Waals surface area contributed by atoms with Crippen molar-refractivity contribution in [2.24, 2.45) is 0 Å². The number of rotatable bonds is 6. The molecule has 2 aromatic carbocycles. The highest BCUT2D eigenvalue weighted by molar-refractivity contribution is 6.30. The number of ether oxygens (including phenoxy) is 2. The van der Waals surface area contributed by atoms with Crippen LogP contribution in [0.2, 0.25) is 5.02 Å². The van der Waals surface area contributed by atoms with Gasteiger partial charge in [0.1, 0.15) is 0 Å². The molecule has 1 aromatic heterocycles. The van der Waals surface area contributed by atoms with E-state index < -0.39 is 17.7 Å². The number of nitrogens with zero attached hydrogens (tertiary/aromatic N) is 1. The van der Waals surface area contributed by atoms with Crippen LogP contribution in [-0.4, -0.2) is 31.5 Å². The Labute approximate surface area is 209 Å². The van der Waals surface area contributed by atoms with E-state index in [0.29, 0.717) is 16.3 Å². The minimum atomic E-state index is -0.991. The van der Waals surface area contributed by atoms with Gasteiger partial charge in [0.25, 0.3) is 0 Å². The fraction of sp³-hybridized carbons (Fsp3) is 0.357. The van der Waals surface area contributed by atoms with E-state index in [2.05, 4.69) is 32.0 Å². The Kier molecular flexibility index (Phi) is 7.89. The highest BCUT2D eigenvalue weighted by Gasteiger charge is 2.34. The van der Waals surface area contributed by atoms with E-state index in [4.69, 9.17) is 33.9 Å². The maximum absolute atomic E-state index is 13.0. The maximum atomic E-state index is 13.0. The van der Waals surface area contributed by atoms with Gasteiger partial charge in [0.2, 0.25) is 0 Å². The molecule has 1 atom stereocenters. The zero-order valence-corrected chi connectivity index (χ0v) is 21.7. The van der Waals surface area contributed by atoms with Crippen LogP contribution in [0.15, 0.2) is 42.5 Å². The van der Waals surface area contributed by atoms with E-state index >= 15 is 0 Å². The van der Waals surface area contributed by atoms with E-state index in [1.165, 1.54) is 18.2 Å². The van der Waals surface area contributed by atoms with Crippen LogP contribution in [0, 0.1) is 20.8 Å². The molecule has 0 aliphatic rings. The van der Waals surface area contributed by atoms with Crippen molar-refractivity contribution in [3.05, 3.63) is 75.4 Å². The quantitative estimate of drug-likeness (QED) is 0.294. The Morgan fingerprint density at radius 1 is 1.03 bits per heavy atom. The van der Waals surface area contributed by atoms with Gasteiger partial charge in [-0.2, -0.15) is 0 Å². The fourth-order valence-corrected chi connectivity index (χ4v) is 4.15. The summed E-state index contributed by atoms with van der Waals surface area (Å²) in [5.74, 6) is -0.500. The predicted molar refractivity (Wildman–Crippen MR) is 139 cm³/mol. The molecule has 0 spiro atoms. The highest BCUT2D eigenvalue weighted by Crippen LogP contribution is 2.41. The third-order valence-electron chi connectivity index (χ3n) is 5.81. The summed E-state index contributed by atoms with van der Waals surface area (Å²) in [4.78, 5) is 18.0. The number of benzene rings is 2. The molecule has 0 fully saturated rings. The number of carbonyl (C=O) groups excluding carboxylic acids is 1. The third kappa shape index (κ3) is 5.53. The molecule has 0 saturated carbocycles. The summed E-state index contributed by atoms with van der Waals surface area (Å²) in [6, 6.07) is 13.8. The van der Waals surface area contributed by atoms with Crippen molar-refractivity contribution in [3.8, 4) is 22.4 Å². The molecule has 0 aliphatic carbocycles. The van der Waals surface area contributed by atoms with Gasteiger partial charge in [0.05, 0.1) is 26.3 Å². The fourth-order valence-electron chi connectivity index (χ4n) is 4.03. The summed E-state index contributed by atoms with van der Waals surface area (Å²) in [6.07, 6.45) is -0.857. The topological polar surface area (TPSA) is 48.4 Å². The minimum Gasteiger partial charge on any atom is -0.467 e. The number of halogens is 1. The standard InChI is InChI=1S/C28H31BClNO3/c1-16-8-9-20(14-17(16)2)25-18(3)23(19-10-12-21(30)13-11-19)24(22(15-29)31-25)26(27(32)33-7)34-28(4,5)6/h8-14,26H,15H2,1-7H3/t26-/m0/s1. The van der Waals surface area contributed by atoms with Crippen LogP contribution in [0.5, 0.6) is 0 Å². The van der Waals surface area contributed by atoms with Gasteiger partial charge in [-0.25, -0.2) is 4.79 Å². The third-order valence-corrected chi connectivity index (χ3v) is 6.06. The Balaban J connectivity index is 2.41. The van der Waals surface area contributed by atoms with Crippen molar-refractivity contribution < 1.29 is 14.3 Å². The Hall–Kier alpha value is -2.63. The van der Waals surface area contributed by atoms with E-state index in [0.717, 1.165) is 27.9 Å². The first-order chi connectivity index (χ1) is 16.0. The highest BCUT2D eigenvalue weighted by atomic mass is 35.5. The minimum absolute atomic E-state index is 0.134. The molecule has 176 valence electrons. The SMILES string of the molecule is [B]Cc1nc(-c2ccc(C)c(C)c2)c(C)c(-c2ccc(Cl)cc2)c1[C@H](OC(C)(C)C)C(=O)OC. The van der Waals surface area contributed by atoms with E-state index in [1.54, 1.807) is 0 Å². The first-order valence-electron chi connectivity index (χ1n) is 11.3. The van der Waals surface area contributed by atoms with Crippen LogP contribution in [0.4, 0.5) is 0 Å². The Bertz CT molecular complexity index is 1200. The van der Waals surface area contributed by atoms with E-state index in [9.17, 15) is 4.79 Å². The molecule has 0 amide bonds. The largest absolute Gasteiger partial charge is 0.467 e. The Morgan fingerprint density at radius 2 is 1.65 bits per heavy atom. The maximum Gasteiger partial charge on any atom is 0.339 e. The average molecular weight is 476 g/mol. The normalized spacial score (nSPS) is 12.5. The van der Waals surface area contributed by atoms with Crippen LogP contribution >= 0.6 is 11.6 Å². The molecule has 3 aromatic rings. The number of carbonyl (C=O) groups is 1. The molecule has 34 heavy (non-hydrogen) atoms.